The van der Waals surface area contributed by atoms with Crippen LogP contribution < -0.4 is 10.1 Å². The molecule has 1 heterocycles. The molecule has 0 fully saturated rings. The lowest BCUT2D eigenvalue weighted by atomic mass is 9.88. The van der Waals surface area contributed by atoms with Crippen molar-refractivity contribution in [3.8, 4) is 5.75 Å². The molecule has 1 aliphatic carbocycles. The van der Waals surface area contributed by atoms with E-state index >= 15 is 0 Å². The molecule has 0 saturated carbocycles. The molecule has 0 spiro atoms. The van der Waals surface area contributed by atoms with Gasteiger partial charge in [0.25, 0.3) is 5.91 Å². The molecule has 31 heavy (non-hydrogen) atoms. The van der Waals surface area contributed by atoms with Crippen LogP contribution in [0.25, 0.3) is 0 Å². The number of anilines is 1. The third kappa shape index (κ3) is 5.85. The van der Waals surface area contributed by atoms with E-state index in [0.717, 1.165) is 40.8 Å². The molecule has 3 rings (SSSR count). The Kier molecular flexibility index (Phi) is 7.33. The van der Waals surface area contributed by atoms with Crippen molar-refractivity contribution in [2.24, 2.45) is 5.92 Å². The zero-order chi connectivity index (χ0) is 22.5. The largest absolute Gasteiger partial charge is 0.482 e. The van der Waals surface area contributed by atoms with Gasteiger partial charge in [0.2, 0.25) is 0 Å². The third-order valence-corrected chi connectivity index (χ3v) is 6.24. The van der Waals surface area contributed by atoms with Gasteiger partial charge in [-0.3, -0.25) is 4.79 Å². The van der Waals surface area contributed by atoms with E-state index in [0.29, 0.717) is 22.2 Å². The highest BCUT2D eigenvalue weighted by molar-refractivity contribution is 7.17. The fourth-order valence-electron chi connectivity index (χ4n) is 3.67. The summed E-state index contributed by atoms with van der Waals surface area (Å²) in [5, 5.41) is 3.15. The van der Waals surface area contributed by atoms with Crippen molar-refractivity contribution in [2.75, 3.05) is 25.6 Å². The third-order valence-electron chi connectivity index (χ3n) is 5.07. The molecule has 1 amide bonds. The zero-order valence-corrected chi connectivity index (χ0v) is 19.0. The van der Waals surface area contributed by atoms with Gasteiger partial charge >= 0.3 is 11.9 Å². The predicted octanol–water partition coefficient (Wildman–Crippen LogP) is 3.84. The van der Waals surface area contributed by atoms with Crippen LogP contribution in [0.3, 0.4) is 0 Å². The second-order valence-electron chi connectivity index (χ2n) is 7.87. The predicted molar refractivity (Wildman–Crippen MR) is 118 cm³/mol. The number of esters is 2. The number of rotatable bonds is 7. The molecule has 1 N–H and O–H groups in total. The Balaban J connectivity index is 1.57. The lowest BCUT2D eigenvalue weighted by molar-refractivity contribution is -0.149. The molecule has 0 saturated heterocycles. The molecule has 1 atom stereocenters. The molecule has 166 valence electrons. The SMILES string of the molecule is COC(=O)c1c(NC(=O)COC(=O)COc2cc(C)cc(C)c2)sc2c1CCC(C)C2. The maximum Gasteiger partial charge on any atom is 0.344 e. The Morgan fingerprint density at radius 1 is 1.13 bits per heavy atom. The normalized spacial score (nSPS) is 15.0. The summed E-state index contributed by atoms with van der Waals surface area (Å²) in [6.45, 7) is 5.28. The van der Waals surface area contributed by atoms with Gasteiger partial charge in [0, 0.05) is 4.88 Å². The molecule has 1 aliphatic rings. The number of aryl methyl sites for hydroxylation is 2. The first kappa shape index (κ1) is 22.8. The van der Waals surface area contributed by atoms with Gasteiger partial charge in [0.05, 0.1) is 12.7 Å². The molecule has 0 radical (unpaired) electrons. The van der Waals surface area contributed by atoms with Crippen LogP contribution >= 0.6 is 11.3 Å². The number of hydrogen-bond donors (Lipinski definition) is 1. The standard InChI is InChI=1S/C23H27NO6S/c1-13-5-6-17-18(10-13)31-22(21(17)23(27)28-4)24-19(25)11-30-20(26)12-29-16-8-14(2)7-15(3)9-16/h7-9,13H,5-6,10-12H2,1-4H3,(H,24,25). The van der Waals surface area contributed by atoms with Crippen LogP contribution in [0, 0.1) is 19.8 Å². The Bertz CT molecular complexity index is 976. The molecule has 1 unspecified atom stereocenters. The van der Waals surface area contributed by atoms with Crippen LogP contribution in [0.4, 0.5) is 5.00 Å². The molecular formula is C23H27NO6S. The number of nitrogens with one attached hydrogen (secondary N) is 1. The number of thiophene rings is 1. The topological polar surface area (TPSA) is 90.9 Å². The van der Waals surface area contributed by atoms with Gasteiger partial charge in [-0.2, -0.15) is 0 Å². The molecule has 0 aliphatic heterocycles. The smallest absolute Gasteiger partial charge is 0.344 e. The number of hydrogen-bond acceptors (Lipinski definition) is 7. The molecule has 1 aromatic carbocycles. The number of amides is 1. The van der Waals surface area contributed by atoms with E-state index in [1.807, 2.05) is 32.0 Å². The number of carbonyl (C=O) groups excluding carboxylic acids is 3. The highest BCUT2D eigenvalue weighted by Crippen LogP contribution is 2.40. The van der Waals surface area contributed by atoms with Gasteiger partial charge in [-0.05, 0) is 67.9 Å². The van der Waals surface area contributed by atoms with Gasteiger partial charge in [0.1, 0.15) is 10.8 Å². The van der Waals surface area contributed by atoms with E-state index in [1.165, 1.54) is 18.4 Å². The highest BCUT2D eigenvalue weighted by atomic mass is 32.1. The van der Waals surface area contributed by atoms with E-state index in [2.05, 4.69) is 12.2 Å². The minimum atomic E-state index is -0.651. The first-order valence-electron chi connectivity index (χ1n) is 10.2. The van der Waals surface area contributed by atoms with Gasteiger partial charge in [-0.1, -0.05) is 13.0 Å². The van der Waals surface area contributed by atoms with E-state index in [4.69, 9.17) is 14.2 Å². The lowest BCUT2D eigenvalue weighted by Gasteiger charge is -2.18. The molecule has 0 bridgehead atoms. The Hall–Kier alpha value is -2.87. The average Bonchev–Trinajstić information content (AvgIpc) is 3.06. The maximum atomic E-state index is 12.3. The summed E-state index contributed by atoms with van der Waals surface area (Å²) in [7, 11) is 1.32. The number of methoxy groups -OCH3 is 1. The summed E-state index contributed by atoms with van der Waals surface area (Å²) in [6.07, 6.45) is 2.63. The van der Waals surface area contributed by atoms with Crippen molar-refractivity contribution in [1.82, 2.24) is 0 Å². The van der Waals surface area contributed by atoms with Crippen LogP contribution in [0.2, 0.25) is 0 Å². The van der Waals surface area contributed by atoms with E-state index in [9.17, 15) is 14.4 Å². The minimum Gasteiger partial charge on any atom is -0.482 e. The summed E-state index contributed by atoms with van der Waals surface area (Å²) in [6, 6.07) is 5.64. The lowest BCUT2D eigenvalue weighted by Crippen LogP contribution is -2.24. The number of carbonyl (C=O) groups is 3. The molecule has 2 aromatic rings. The molecule has 7 nitrogen and oxygen atoms in total. The van der Waals surface area contributed by atoms with Gasteiger partial charge < -0.3 is 19.5 Å². The monoisotopic (exact) mass is 445 g/mol. The summed E-state index contributed by atoms with van der Waals surface area (Å²) in [4.78, 5) is 37.7. The Morgan fingerprint density at radius 2 is 1.84 bits per heavy atom. The number of benzene rings is 1. The summed E-state index contributed by atoms with van der Waals surface area (Å²) in [5.41, 5.74) is 3.41. The first-order valence-corrected chi connectivity index (χ1v) is 11.0. The van der Waals surface area contributed by atoms with E-state index in [-0.39, 0.29) is 6.61 Å². The minimum absolute atomic E-state index is 0.297. The fourth-order valence-corrected chi connectivity index (χ4v) is 5.08. The van der Waals surface area contributed by atoms with Gasteiger partial charge in [-0.25, -0.2) is 9.59 Å². The quantitative estimate of drug-likeness (QED) is 0.651. The zero-order valence-electron chi connectivity index (χ0n) is 18.2. The van der Waals surface area contributed by atoms with Crippen molar-refractivity contribution in [3.05, 3.63) is 45.3 Å². The van der Waals surface area contributed by atoms with Crippen LogP contribution in [-0.4, -0.2) is 38.2 Å². The van der Waals surface area contributed by atoms with Crippen LogP contribution in [0.15, 0.2) is 18.2 Å². The first-order chi connectivity index (χ1) is 14.8. The van der Waals surface area contributed by atoms with Gasteiger partial charge in [0.15, 0.2) is 13.2 Å². The summed E-state index contributed by atoms with van der Waals surface area (Å²) >= 11 is 1.38. The molecular weight excluding hydrogens is 418 g/mol. The highest BCUT2D eigenvalue weighted by Gasteiger charge is 2.29. The van der Waals surface area contributed by atoms with Crippen molar-refractivity contribution in [2.45, 2.75) is 40.0 Å². The van der Waals surface area contributed by atoms with Crippen molar-refractivity contribution >= 4 is 34.2 Å². The Morgan fingerprint density at radius 3 is 2.52 bits per heavy atom. The summed E-state index contributed by atoms with van der Waals surface area (Å²) in [5.74, 6) is -0.544. The van der Waals surface area contributed by atoms with E-state index < -0.39 is 24.5 Å². The van der Waals surface area contributed by atoms with Crippen molar-refractivity contribution in [1.29, 1.82) is 0 Å². The van der Waals surface area contributed by atoms with Crippen molar-refractivity contribution in [3.63, 3.8) is 0 Å². The number of ether oxygens (including phenoxy) is 3. The average molecular weight is 446 g/mol. The second-order valence-corrected chi connectivity index (χ2v) is 8.97. The molecule has 8 heteroatoms. The van der Waals surface area contributed by atoms with Crippen molar-refractivity contribution < 1.29 is 28.6 Å². The summed E-state index contributed by atoms with van der Waals surface area (Å²) < 4.78 is 15.4. The van der Waals surface area contributed by atoms with Crippen LogP contribution in [0.5, 0.6) is 5.75 Å². The maximum absolute atomic E-state index is 12.3. The van der Waals surface area contributed by atoms with Crippen LogP contribution in [0.1, 0.15) is 45.3 Å². The fraction of sp³-hybridized carbons (Fsp3) is 0.435. The Labute approximate surface area is 185 Å². The van der Waals surface area contributed by atoms with Gasteiger partial charge in [-0.15, -0.1) is 11.3 Å². The number of fused-ring (bicyclic) bond motifs is 1. The second kappa shape index (κ2) is 9.96. The molecule has 1 aromatic heterocycles. The van der Waals surface area contributed by atoms with Crippen LogP contribution in [-0.2, 0) is 31.9 Å². The van der Waals surface area contributed by atoms with E-state index in [1.54, 1.807) is 0 Å².